The molecule has 1 heterocycles. The van der Waals surface area contributed by atoms with Gasteiger partial charge in [-0.15, -0.1) is 0 Å². The lowest BCUT2D eigenvalue weighted by molar-refractivity contribution is 0.178. The fourth-order valence-electron chi connectivity index (χ4n) is 1.59. The molecule has 1 aromatic heterocycles. The summed E-state index contributed by atoms with van der Waals surface area (Å²) in [6.45, 7) is 0. The number of aromatic nitrogens is 1. The van der Waals surface area contributed by atoms with E-state index < -0.39 is 6.10 Å². The van der Waals surface area contributed by atoms with Crippen molar-refractivity contribution in [3.63, 3.8) is 0 Å². The molecule has 0 aliphatic heterocycles. The second kappa shape index (κ2) is 5.63. The molecule has 0 aliphatic rings. The summed E-state index contributed by atoms with van der Waals surface area (Å²) in [4.78, 5) is 4.07. The summed E-state index contributed by atoms with van der Waals surface area (Å²) in [5.41, 5.74) is 1.84. The van der Waals surface area contributed by atoms with E-state index in [-0.39, 0.29) is 0 Å². The molecule has 88 valence electrons. The second-order valence-corrected chi connectivity index (χ2v) is 5.13. The first kappa shape index (κ1) is 12.6. The number of halogens is 2. The van der Waals surface area contributed by atoms with Gasteiger partial charge in [-0.3, -0.25) is 4.98 Å². The van der Waals surface area contributed by atoms with Gasteiger partial charge < -0.3 is 5.11 Å². The molecule has 0 saturated carbocycles. The number of rotatable bonds is 3. The minimum atomic E-state index is -0.539. The van der Waals surface area contributed by atoms with E-state index in [1.807, 2.05) is 18.2 Å². The monoisotopic (exact) mass is 311 g/mol. The van der Waals surface area contributed by atoms with Crippen molar-refractivity contribution in [2.45, 2.75) is 12.5 Å². The van der Waals surface area contributed by atoms with E-state index in [1.54, 1.807) is 24.5 Å². The SMILES string of the molecule is OC(Cc1cncc(Br)c1)c1ccc(Cl)cc1. The molecule has 0 aliphatic carbocycles. The van der Waals surface area contributed by atoms with Crippen molar-refractivity contribution >= 4 is 27.5 Å². The molecule has 1 aromatic carbocycles. The molecule has 0 radical (unpaired) electrons. The molecule has 17 heavy (non-hydrogen) atoms. The first-order chi connectivity index (χ1) is 8.15. The fourth-order valence-corrected chi connectivity index (χ4v) is 2.13. The average molecular weight is 313 g/mol. The molecule has 2 rings (SSSR count). The van der Waals surface area contributed by atoms with Gasteiger partial charge in [-0.2, -0.15) is 0 Å². The van der Waals surface area contributed by atoms with Crippen LogP contribution in [0.15, 0.2) is 47.2 Å². The maximum absolute atomic E-state index is 10.1. The van der Waals surface area contributed by atoms with Crippen LogP contribution in [0.25, 0.3) is 0 Å². The zero-order valence-electron chi connectivity index (χ0n) is 8.98. The van der Waals surface area contributed by atoms with Crippen molar-refractivity contribution in [2.24, 2.45) is 0 Å². The Kier molecular flexibility index (Phi) is 4.15. The Morgan fingerprint density at radius 1 is 1.24 bits per heavy atom. The maximum atomic E-state index is 10.1. The predicted octanol–water partition coefficient (Wildman–Crippen LogP) is 3.77. The third kappa shape index (κ3) is 3.53. The molecule has 1 atom stereocenters. The lowest BCUT2D eigenvalue weighted by atomic mass is 10.0. The van der Waals surface area contributed by atoms with Crippen molar-refractivity contribution in [1.82, 2.24) is 4.98 Å². The van der Waals surface area contributed by atoms with Crippen LogP contribution in [0.4, 0.5) is 0 Å². The lowest BCUT2D eigenvalue weighted by Gasteiger charge is -2.11. The molecule has 0 fully saturated rings. The summed E-state index contributed by atoms with van der Waals surface area (Å²) in [5.74, 6) is 0. The van der Waals surface area contributed by atoms with Crippen molar-refractivity contribution in [3.05, 3.63) is 63.3 Å². The Morgan fingerprint density at radius 2 is 1.94 bits per heavy atom. The van der Waals surface area contributed by atoms with Gasteiger partial charge in [0.05, 0.1) is 6.10 Å². The standard InChI is InChI=1S/C13H11BrClNO/c14-11-5-9(7-16-8-11)6-13(17)10-1-3-12(15)4-2-10/h1-5,7-8,13,17H,6H2. The van der Waals surface area contributed by atoms with Crippen molar-refractivity contribution in [3.8, 4) is 0 Å². The molecular weight excluding hydrogens is 302 g/mol. The zero-order valence-corrected chi connectivity index (χ0v) is 11.3. The summed E-state index contributed by atoms with van der Waals surface area (Å²) in [6.07, 6.45) is 3.47. The highest BCUT2D eigenvalue weighted by molar-refractivity contribution is 9.10. The quantitative estimate of drug-likeness (QED) is 0.936. The summed E-state index contributed by atoms with van der Waals surface area (Å²) in [7, 11) is 0. The molecule has 0 saturated heterocycles. The first-order valence-electron chi connectivity index (χ1n) is 5.18. The topological polar surface area (TPSA) is 33.1 Å². The minimum Gasteiger partial charge on any atom is -0.388 e. The number of nitrogens with zero attached hydrogens (tertiary/aromatic N) is 1. The van der Waals surface area contributed by atoms with E-state index in [0.717, 1.165) is 15.6 Å². The van der Waals surface area contributed by atoms with Gasteiger partial charge in [0.25, 0.3) is 0 Å². The van der Waals surface area contributed by atoms with Crippen molar-refractivity contribution in [2.75, 3.05) is 0 Å². The molecule has 1 unspecified atom stereocenters. The summed E-state index contributed by atoms with van der Waals surface area (Å²) in [6, 6.07) is 9.17. The van der Waals surface area contributed by atoms with Gasteiger partial charge in [0.15, 0.2) is 0 Å². The smallest absolute Gasteiger partial charge is 0.0830 e. The molecule has 4 heteroatoms. The zero-order chi connectivity index (χ0) is 12.3. The van der Waals surface area contributed by atoms with Crippen LogP contribution >= 0.6 is 27.5 Å². The highest BCUT2D eigenvalue weighted by Gasteiger charge is 2.08. The highest BCUT2D eigenvalue weighted by atomic mass is 79.9. The van der Waals surface area contributed by atoms with Crippen molar-refractivity contribution < 1.29 is 5.11 Å². The summed E-state index contributed by atoms with van der Waals surface area (Å²) >= 11 is 9.16. The molecule has 1 N–H and O–H groups in total. The van der Waals surface area contributed by atoms with Crippen molar-refractivity contribution in [1.29, 1.82) is 0 Å². The highest BCUT2D eigenvalue weighted by Crippen LogP contribution is 2.21. The van der Waals surface area contributed by atoms with Crippen LogP contribution < -0.4 is 0 Å². The van der Waals surface area contributed by atoms with E-state index in [9.17, 15) is 5.11 Å². The largest absolute Gasteiger partial charge is 0.388 e. The molecule has 0 amide bonds. The van der Waals surface area contributed by atoms with Crippen LogP contribution in [0, 0.1) is 0 Å². The van der Waals surface area contributed by atoms with Crippen LogP contribution in [0.1, 0.15) is 17.2 Å². The van der Waals surface area contributed by atoms with Gasteiger partial charge >= 0.3 is 0 Å². The lowest BCUT2D eigenvalue weighted by Crippen LogP contribution is -2.01. The maximum Gasteiger partial charge on any atom is 0.0830 e. The Hall–Kier alpha value is -0.900. The van der Waals surface area contributed by atoms with E-state index in [2.05, 4.69) is 20.9 Å². The summed E-state index contributed by atoms with van der Waals surface area (Å²) in [5, 5.41) is 10.7. The third-order valence-corrected chi connectivity index (χ3v) is 3.13. The molecule has 0 bridgehead atoms. The fraction of sp³-hybridized carbons (Fsp3) is 0.154. The van der Waals surface area contributed by atoms with Gasteiger partial charge in [0.1, 0.15) is 0 Å². The Morgan fingerprint density at radius 3 is 2.59 bits per heavy atom. The summed E-state index contributed by atoms with van der Waals surface area (Å²) < 4.78 is 0.915. The van der Waals surface area contributed by atoms with Crippen LogP contribution in [0.3, 0.4) is 0 Å². The minimum absolute atomic E-state index is 0.536. The number of benzene rings is 1. The van der Waals surface area contributed by atoms with Gasteiger partial charge in [-0.05, 0) is 45.3 Å². The molecule has 0 spiro atoms. The van der Waals surface area contributed by atoms with Gasteiger partial charge in [0, 0.05) is 28.3 Å². The Bertz CT molecular complexity index is 501. The second-order valence-electron chi connectivity index (χ2n) is 3.78. The van der Waals surface area contributed by atoms with E-state index >= 15 is 0 Å². The molecule has 2 aromatic rings. The number of hydrogen-bond donors (Lipinski definition) is 1. The van der Waals surface area contributed by atoms with Gasteiger partial charge in [-0.1, -0.05) is 23.7 Å². The van der Waals surface area contributed by atoms with Crippen LogP contribution in [0.5, 0.6) is 0 Å². The number of pyridine rings is 1. The predicted molar refractivity (Wildman–Crippen MR) is 72.1 cm³/mol. The van der Waals surface area contributed by atoms with E-state index in [1.165, 1.54) is 0 Å². The van der Waals surface area contributed by atoms with Crippen LogP contribution in [0.2, 0.25) is 5.02 Å². The van der Waals surface area contributed by atoms with Gasteiger partial charge in [-0.25, -0.2) is 0 Å². The number of aliphatic hydroxyl groups is 1. The normalized spacial score (nSPS) is 12.4. The van der Waals surface area contributed by atoms with E-state index in [4.69, 9.17) is 11.6 Å². The van der Waals surface area contributed by atoms with Crippen LogP contribution in [-0.4, -0.2) is 10.1 Å². The van der Waals surface area contributed by atoms with E-state index in [0.29, 0.717) is 11.4 Å². The Balaban J connectivity index is 2.11. The number of aliphatic hydroxyl groups excluding tert-OH is 1. The average Bonchev–Trinajstić information content (AvgIpc) is 2.29. The van der Waals surface area contributed by atoms with Gasteiger partial charge in [0.2, 0.25) is 0 Å². The first-order valence-corrected chi connectivity index (χ1v) is 6.35. The number of hydrogen-bond acceptors (Lipinski definition) is 2. The third-order valence-electron chi connectivity index (χ3n) is 2.45. The van der Waals surface area contributed by atoms with Crippen LogP contribution in [-0.2, 0) is 6.42 Å². The molecular formula is C13H11BrClNO. The molecule has 2 nitrogen and oxygen atoms in total. The Labute approximate surface area is 113 Å².